The minimum Gasteiger partial charge on any atom is -0.309 e. The fraction of sp³-hybridized carbons (Fsp3) is 0.0476. The van der Waals surface area contributed by atoms with Gasteiger partial charge in [-0.25, -0.2) is 15.0 Å². The first-order valence-electron chi connectivity index (χ1n) is 16.2. The zero-order valence-corrected chi connectivity index (χ0v) is 27.3. The number of halogens is 6. The minimum absolute atomic E-state index is 0.000981. The van der Waals surface area contributed by atoms with E-state index in [1.54, 1.807) is 72.8 Å². The van der Waals surface area contributed by atoms with E-state index in [2.05, 4.69) is 6.07 Å². The van der Waals surface area contributed by atoms with Crippen molar-refractivity contribution in [3.05, 3.63) is 156 Å². The second-order valence-corrected chi connectivity index (χ2v) is 12.2. The largest absolute Gasteiger partial charge is 0.417 e. The Kier molecular flexibility index (Phi) is 8.03. The standard InChI is InChI=1S/C42H23F6N5/c43-41(44,45)28-16-19-31(35(22-28)42(46,47)48)30-20-17-29(53-36-14-8-7-13-32(36)33-18-15-25(24-49)21-37(33)53)23-34(30)40-51-38(26-9-3-1-4-10-26)50-39(52-40)27-11-5-2-6-12-27/h1-23H. The molecule has 11 heteroatoms. The molecule has 0 aliphatic carbocycles. The molecule has 53 heavy (non-hydrogen) atoms. The lowest BCUT2D eigenvalue weighted by Gasteiger charge is -2.19. The Hall–Kier alpha value is -6.80. The number of nitriles is 1. The van der Waals surface area contributed by atoms with Crippen molar-refractivity contribution in [1.29, 1.82) is 5.26 Å². The van der Waals surface area contributed by atoms with E-state index in [4.69, 9.17) is 15.0 Å². The molecule has 6 aromatic carbocycles. The van der Waals surface area contributed by atoms with Crippen LogP contribution in [0.15, 0.2) is 140 Å². The minimum atomic E-state index is -5.14. The molecule has 0 aliphatic rings. The number of nitrogens with zero attached hydrogens (tertiary/aromatic N) is 5. The van der Waals surface area contributed by atoms with Gasteiger partial charge in [-0.2, -0.15) is 31.6 Å². The van der Waals surface area contributed by atoms with Crippen LogP contribution in [0.4, 0.5) is 26.3 Å². The van der Waals surface area contributed by atoms with Gasteiger partial charge in [0.25, 0.3) is 0 Å². The summed E-state index contributed by atoms with van der Waals surface area (Å²) in [6.45, 7) is 0. The number of fused-ring (bicyclic) bond motifs is 3. The van der Waals surface area contributed by atoms with E-state index in [0.29, 0.717) is 34.0 Å². The summed E-state index contributed by atoms with van der Waals surface area (Å²) in [7, 11) is 0. The van der Waals surface area contributed by atoms with Crippen LogP contribution in [0.2, 0.25) is 0 Å². The van der Waals surface area contributed by atoms with Crippen molar-refractivity contribution >= 4 is 21.8 Å². The van der Waals surface area contributed by atoms with E-state index < -0.39 is 29.0 Å². The maximum Gasteiger partial charge on any atom is 0.417 e. The van der Waals surface area contributed by atoms with Crippen LogP contribution < -0.4 is 0 Å². The maximum absolute atomic E-state index is 14.7. The third-order valence-corrected chi connectivity index (χ3v) is 8.95. The summed E-state index contributed by atoms with van der Waals surface area (Å²) >= 11 is 0. The van der Waals surface area contributed by atoms with Crippen LogP contribution in [0.1, 0.15) is 16.7 Å². The number of rotatable bonds is 5. The molecule has 8 aromatic rings. The predicted molar refractivity (Wildman–Crippen MR) is 191 cm³/mol. The van der Waals surface area contributed by atoms with Gasteiger partial charge in [0.05, 0.1) is 33.8 Å². The molecule has 5 nitrogen and oxygen atoms in total. The Morgan fingerprint density at radius 1 is 0.491 bits per heavy atom. The summed E-state index contributed by atoms with van der Waals surface area (Å²) in [4.78, 5) is 14.3. The lowest BCUT2D eigenvalue weighted by Crippen LogP contribution is -2.12. The van der Waals surface area contributed by atoms with Gasteiger partial charge in [0.2, 0.25) is 0 Å². The summed E-state index contributed by atoms with van der Waals surface area (Å²) in [5.41, 5.74) is 0.247. The number of para-hydroxylation sites is 1. The third kappa shape index (κ3) is 6.14. The molecule has 0 saturated carbocycles. The van der Waals surface area contributed by atoms with E-state index in [1.165, 1.54) is 6.07 Å². The normalized spacial score (nSPS) is 11.9. The lowest BCUT2D eigenvalue weighted by atomic mass is 9.92. The predicted octanol–water partition coefficient (Wildman–Crippen LogP) is 11.5. The summed E-state index contributed by atoms with van der Waals surface area (Å²) < 4.78 is 87.2. The Morgan fingerprint density at radius 2 is 1.08 bits per heavy atom. The van der Waals surface area contributed by atoms with Crippen molar-refractivity contribution in [2.45, 2.75) is 12.4 Å². The molecule has 0 N–H and O–H groups in total. The molecule has 8 rings (SSSR count). The van der Waals surface area contributed by atoms with Crippen molar-refractivity contribution in [3.8, 4) is 57.0 Å². The number of hydrogen-bond acceptors (Lipinski definition) is 4. The zero-order chi connectivity index (χ0) is 36.9. The summed E-state index contributed by atoms with van der Waals surface area (Å²) in [6, 6.07) is 39.2. The highest BCUT2D eigenvalue weighted by molar-refractivity contribution is 6.09. The highest BCUT2D eigenvalue weighted by atomic mass is 19.4. The molecule has 0 radical (unpaired) electrons. The Labute approximate surface area is 298 Å². The van der Waals surface area contributed by atoms with Gasteiger partial charge in [-0.1, -0.05) is 97.1 Å². The molecule has 258 valence electrons. The number of benzene rings is 6. The van der Waals surface area contributed by atoms with Gasteiger partial charge < -0.3 is 4.57 Å². The Morgan fingerprint density at radius 3 is 1.70 bits per heavy atom. The molecule has 0 saturated heterocycles. The topological polar surface area (TPSA) is 67.4 Å². The van der Waals surface area contributed by atoms with Gasteiger partial charge in [0, 0.05) is 33.2 Å². The summed E-state index contributed by atoms with van der Waals surface area (Å²) in [6.07, 6.45) is -10.1. The first kappa shape index (κ1) is 33.3. The first-order valence-corrected chi connectivity index (χ1v) is 16.2. The van der Waals surface area contributed by atoms with E-state index >= 15 is 0 Å². The van der Waals surface area contributed by atoms with Crippen LogP contribution in [0, 0.1) is 11.3 Å². The number of hydrogen-bond donors (Lipinski definition) is 0. The Balaban J connectivity index is 1.47. The second kappa shape index (κ2) is 12.8. The van der Waals surface area contributed by atoms with E-state index in [-0.39, 0.29) is 34.7 Å². The Bertz CT molecular complexity index is 2650. The van der Waals surface area contributed by atoms with Gasteiger partial charge in [0.1, 0.15) is 0 Å². The highest BCUT2D eigenvalue weighted by Crippen LogP contribution is 2.44. The number of aromatic nitrogens is 4. The molecule has 0 spiro atoms. The number of alkyl halides is 6. The van der Waals surface area contributed by atoms with Crippen molar-refractivity contribution < 1.29 is 26.3 Å². The van der Waals surface area contributed by atoms with E-state index in [9.17, 15) is 31.6 Å². The van der Waals surface area contributed by atoms with Crippen LogP contribution in [-0.4, -0.2) is 19.5 Å². The van der Waals surface area contributed by atoms with Gasteiger partial charge in [-0.15, -0.1) is 0 Å². The van der Waals surface area contributed by atoms with E-state index in [0.717, 1.165) is 22.4 Å². The van der Waals surface area contributed by atoms with Crippen LogP contribution >= 0.6 is 0 Å². The fourth-order valence-electron chi connectivity index (χ4n) is 6.53. The maximum atomic E-state index is 14.7. The molecule has 2 heterocycles. The molecule has 0 fully saturated rings. The van der Waals surface area contributed by atoms with Crippen LogP contribution in [0.5, 0.6) is 0 Å². The summed E-state index contributed by atoms with van der Waals surface area (Å²) in [5, 5.41) is 11.5. The van der Waals surface area contributed by atoms with Gasteiger partial charge in [0.15, 0.2) is 17.5 Å². The van der Waals surface area contributed by atoms with Crippen molar-refractivity contribution in [2.75, 3.05) is 0 Å². The molecule has 0 atom stereocenters. The SMILES string of the molecule is N#Cc1ccc2c3ccccc3n(-c3ccc(-c4ccc(C(F)(F)F)cc4C(F)(F)F)c(-c4nc(-c5ccccc5)nc(-c5ccccc5)n4)c3)c2c1. The fourth-order valence-corrected chi connectivity index (χ4v) is 6.53. The molecular weight excluding hydrogens is 688 g/mol. The smallest absolute Gasteiger partial charge is 0.309 e. The molecule has 0 aliphatic heterocycles. The van der Waals surface area contributed by atoms with E-state index in [1.807, 2.05) is 47.0 Å². The van der Waals surface area contributed by atoms with Gasteiger partial charge >= 0.3 is 12.4 Å². The zero-order valence-electron chi connectivity index (χ0n) is 27.3. The molecule has 2 aromatic heterocycles. The van der Waals surface area contributed by atoms with Gasteiger partial charge in [-0.05, 0) is 53.6 Å². The van der Waals surface area contributed by atoms with Crippen molar-refractivity contribution in [3.63, 3.8) is 0 Å². The summed E-state index contributed by atoms with van der Waals surface area (Å²) in [5.74, 6) is 0.482. The molecule has 0 amide bonds. The third-order valence-electron chi connectivity index (χ3n) is 8.95. The van der Waals surface area contributed by atoms with Crippen LogP contribution in [0.25, 0.3) is 72.8 Å². The van der Waals surface area contributed by atoms with Crippen LogP contribution in [0.3, 0.4) is 0 Å². The van der Waals surface area contributed by atoms with Crippen molar-refractivity contribution in [1.82, 2.24) is 19.5 Å². The average molecular weight is 712 g/mol. The monoisotopic (exact) mass is 711 g/mol. The van der Waals surface area contributed by atoms with Gasteiger partial charge in [-0.3, -0.25) is 0 Å². The second-order valence-electron chi connectivity index (χ2n) is 12.2. The van der Waals surface area contributed by atoms with Crippen molar-refractivity contribution in [2.24, 2.45) is 0 Å². The highest BCUT2D eigenvalue weighted by Gasteiger charge is 2.39. The quantitative estimate of drug-likeness (QED) is 0.167. The first-order chi connectivity index (χ1) is 25.5. The van der Waals surface area contributed by atoms with Crippen LogP contribution in [-0.2, 0) is 12.4 Å². The lowest BCUT2D eigenvalue weighted by molar-refractivity contribution is -0.142. The molecular formula is C42H23F6N5. The average Bonchev–Trinajstić information content (AvgIpc) is 3.51. The molecule has 0 bridgehead atoms. The molecule has 0 unspecified atom stereocenters.